The molecule has 22 heavy (non-hydrogen) atoms. The van der Waals surface area contributed by atoms with Crippen molar-refractivity contribution in [3.8, 4) is 0 Å². The maximum Gasteiger partial charge on any atom is 0.225 e. The molecule has 1 aliphatic carbocycles. The molecule has 1 saturated heterocycles. The molecule has 3 nitrogen and oxygen atoms in total. The summed E-state index contributed by atoms with van der Waals surface area (Å²) in [6, 6.07) is 6.93. The van der Waals surface area contributed by atoms with Gasteiger partial charge in [-0.2, -0.15) is 0 Å². The molecule has 1 amide bonds. The number of rotatable bonds is 3. The third-order valence-electron chi connectivity index (χ3n) is 5.32. The monoisotopic (exact) mass is 300 g/mol. The number of nitrogens with one attached hydrogen (secondary N) is 1. The maximum atomic E-state index is 12.6. The molecule has 1 saturated carbocycles. The van der Waals surface area contributed by atoms with Gasteiger partial charge in [-0.15, -0.1) is 0 Å². The Morgan fingerprint density at radius 3 is 2.59 bits per heavy atom. The topological polar surface area (TPSA) is 32.3 Å². The number of carbonyl (C=O) groups excluding carboxylic acids is 1. The first kappa shape index (κ1) is 15.4. The number of aryl methyl sites for hydroxylation is 2. The van der Waals surface area contributed by atoms with Gasteiger partial charge in [-0.3, -0.25) is 4.79 Å². The van der Waals surface area contributed by atoms with E-state index in [2.05, 4.69) is 42.3 Å². The molecule has 1 aromatic rings. The molecule has 1 heterocycles. The second-order valence-electron chi connectivity index (χ2n) is 7.05. The van der Waals surface area contributed by atoms with Crippen molar-refractivity contribution in [3.63, 3.8) is 0 Å². The molecule has 1 aromatic carbocycles. The van der Waals surface area contributed by atoms with Crippen LogP contribution in [0.1, 0.15) is 49.7 Å². The van der Waals surface area contributed by atoms with E-state index in [9.17, 15) is 4.79 Å². The van der Waals surface area contributed by atoms with Crippen LogP contribution in [0.25, 0.3) is 0 Å². The Morgan fingerprint density at radius 1 is 1.09 bits per heavy atom. The van der Waals surface area contributed by atoms with Gasteiger partial charge in [0.15, 0.2) is 0 Å². The summed E-state index contributed by atoms with van der Waals surface area (Å²) in [6.45, 7) is 6.10. The minimum atomic E-state index is 0.306. The Labute approximate surface area is 134 Å². The van der Waals surface area contributed by atoms with Gasteiger partial charge >= 0.3 is 0 Å². The second kappa shape index (κ2) is 6.72. The zero-order chi connectivity index (χ0) is 15.5. The number of benzene rings is 1. The van der Waals surface area contributed by atoms with Crippen LogP contribution >= 0.6 is 0 Å². The molecule has 1 unspecified atom stereocenters. The van der Waals surface area contributed by atoms with E-state index < -0.39 is 0 Å². The van der Waals surface area contributed by atoms with E-state index in [1.807, 2.05) is 0 Å². The molecule has 3 heteroatoms. The predicted molar refractivity (Wildman–Crippen MR) is 91.1 cm³/mol. The fraction of sp³-hybridized carbons (Fsp3) is 0.632. The molecule has 0 aromatic heterocycles. The molecule has 2 aliphatic rings. The number of anilines is 1. The highest BCUT2D eigenvalue weighted by Crippen LogP contribution is 2.28. The van der Waals surface area contributed by atoms with E-state index in [0.29, 0.717) is 17.9 Å². The van der Waals surface area contributed by atoms with Crippen molar-refractivity contribution in [1.29, 1.82) is 0 Å². The molecular formula is C19H28N2O. The standard InChI is InChI=1S/C19H28N2O/c1-14-9-10-17(12-15(14)2)20-18-8-5-11-21(13-18)19(22)16-6-3-4-7-16/h9-10,12,16,18,20H,3-8,11,13H2,1-2H3. The zero-order valence-corrected chi connectivity index (χ0v) is 13.9. The molecular weight excluding hydrogens is 272 g/mol. The lowest BCUT2D eigenvalue weighted by Gasteiger charge is -2.35. The lowest BCUT2D eigenvalue weighted by molar-refractivity contribution is -0.136. The van der Waals surface area contributed by atoms with Gasteiger partial charge in [-0.25, -0.2) is 0 Å². The van der Waals surface area contributed by atoms with Gasteiger partial charge in [-0.1, -0.05) is 18.9 Å². The number of piperidine rings is 1. The molecule has 120 valence electrons. The summed E-state index contributed by atoms with van der Waals surface area (Å²) in [5.41, 5.74) is 3.83. The number of hydrogen-bond donors (Lipinski definition) is 1. The lowest BCUT2D eigenvalue weighted by atomic mass is 10.0. The summed E-state index contributed by atoms with van der Waals surface area (Å²) in [5.74, 6) is 0.712. The van der Waals surface area contributed by atoms with E-state index in [4.69, 9.17) is 0 Å². The van der Waals surface area contributed by atoms with E-state index in [-0.39, 0.29) is 0 Å². The fourth-order valence-corrected chi connectivity index (χ4v) is 3.79. The summed E-state index contributed by atoms with van der Waals surface area (Å²) in [5, 5.41) is 3.63. The van der Waals surface area contributed by atoms with Crippen molar-refractivity contribution in [2.45, 2.75) is 58.4 Å². The van der Waals surface area contributed by atoms with Crippen LogP contribution in [0.5, 0.6) is 0 Å². The molecule has 1 atom stereocenters. The van der Waals surface area contributed by atoms with Gasteiger partial charge in [0.25, 0.3) is 0 Å². The van der Waals surface area contributed by atoms with E-state index in [1.54, 1.807) is 0 Å². The fourth-order valence-electron chi connectivity index (χ4n) is 3.79. The smallest absolute Gasteiger partial charge is 0.225 e. The minimum Gasteiger partial charge on any atom is -0.381 e. The summed E-state index contributed by atoms with van der Waals surface area (Å²) in [7, 11) is 0. The second-order valence-corrected chi connectivity index (χ2v) is 7.05. The quantitative estimate of drug-likeness (QED) is 0.918. The van der Waals surface area contributed by atoms with Gasteiger partial charge in [0.1, 0.15) is 0 Å². The van der Waals surface area contributed by atoms with Crippen LogP contribution in [0.3, 0.4) is 0 Å². The van der Waals surface area contributed by atoms with E-state index in [1.165, 1.54) is 29.7 Å². The Hall–Kier alpha value is -1.51. The van der Waals surface area contributed by atoms with Gasteiger partial charge in [0, 0.05) is 30.7 Å². The number of carbonyl (C=O) groups is 1. The highest BCUT2D eigenvalue weighted by atomic mass is 16.2. The third-order valence-corrected chi connectivity index (χ3v) is 5.32. The van der Waals surface area contributed by atoms with Crippen LogP contribution in [0.4, 0.5) is 5.69 Å². The van der Waals surface area contributed by atoms with Gasteiger partial charge < -0.3 is 10.2 Å². The number of hydrogen-bond acceptors (Lipinski definition) is 2. The van der Waals surface area contributed by atoms with Crippen molar-refractivity contribution in [2.75, 3.05) is 18.4 Å². The molecule has 1 N–H and O–H groups in total. The Kier molecular flexibility index (Phi) is 4.70. The van der Waals surface area contributed by atoms with Crippen LogP contribution < -0.4 is 5.32 Å². The van der Waals surface area contributed by atoms with E-state index >= 15 is 0 Å². The number of amides is 1. The molecule has 3 rings (SSSR count). The number of likely N-dealkylation sites (tertiary alicyclic amines) is 1. The van der Waals surface area contributed by atoms with Crippen molar-refractivity contribution in [2.24, 2.45) is 5.92 Å². The van der Waals surface area contributed by atoms with Crippen LogP contribution in [0.2, 0.25) is 0 Å². The van der Waals surface area contributed by atoms with Crippen LogP contribution in [0, 0.1) is 19.8 Å². The van der Waals surface area contributed by atoms with E-state index in [0.717, 1.165) is 38.8 Å². The van der Waals surface area contributed by atoms with Crippen LogP contribution in [0.15, 0.2) is 18.2 Å². The highest BCUT2D eigenvalue weighted by molar-refractivity contribution is 5.79. The van der Waals surface area contributed by atoms with Crippen molar-refractivity contribution < 1.29 is 4.79 Å². The average molecular weight is 300 g/mol. The molecule has 0 radical (unpaired) electrons. The Balaban J connectivity index is 1.60. The summed E-state index contributed by atoms with van der Waals surface area (Å²) >= 11 is 0. The van der Waals surface area contributed by atoms with Crippen molar-refractivity contribution >= 4 is 11.6 Å². The van der Waals surface area contributed by atoms with Crippen LogP contribution in [-0.2, 0) is 4.79 Å². The van der Waals surface area contributed by atoms with Gasteiger partial charge in [0.05, 0.1) is 0 Å². The highest BCUT2D eigenvalue weighted by Gasteiger charge is 2.30. The first-order valence-corrected chi connectivity index (χ1v) is 8.76. The maximum absolute atomic E-state index is 12.6. The van der Waals surface area contributed by atoms with Crippen molar-refractivity contribution in [1.82, 2.24) is 4.90 Å². The Morgan fingerprint density at radius 2 is 1.86 bits per heavy atom. The molecule has 0 spiro atoms. The number of nitrogens with zero attached hydrogens (tertiary/aromatic N) is 1. The molecule has 1 aliphatic heterocycles. The van der Waals surface area contributed by atoms with Crippen LogP contribution in [-0.4, -0.2) is 29.9 Å². The first-order valence-electron chi connectivity index (χ1n) is 8.76. The van der Waals surface area contributed by atoms with Gasteiger partial charge in [0.2, 0.25) is 5.91 Å². The van der Waals surface area contributed by atoms with Gasteiger partial charge in [-0.05, 0) is 62.8 Å². The lowest BCUT2D eigenvalue weighted by Crippen LogP contribution is -2.47. The third kappa shape index (κ3) is 3.45. The summed E-state index contributed by atoms with van der Waals surface area (Å²) in [6.07, 6.45) is 6.93. The van der Waals surface area contributed by atoms with Crippen molar-refractivity contribution in [3.05, 3.63) is 29.3 Å². The zero-order valence-electron chi connectivity index (χ0n) is 13.9. The minimum absolute atomic E-state index is 0.306. The first-order chi connectivity index (χ1) is 10.6. The SMILES string of the molecule is Cc1ccc(NC2CCCN(C(=O)C3CCCC3)C2)cc1C. The average Bonchev–Trinajstić information content (AvgIpc) is 3.05. The Bertz CT molecular complexity index is 534. The summed E-state index contributed by atoms with van der Waals surface area (Å²) in [4.78, 5) is 14.7. The normalized spacial score (nSPS) is 22.8. The molecule has 0 bridgehead atoms. The summed E-state index contributed by atoms with van der Waals surface area (Å²) < 4.78 is 0. The largest absolute Gasteiger partial charge is 0.381 e. The predicted octanol–water partition coefficient (Wildman–Crippen LogP) is 3.90. The molecule has 2 fully saturated rings.